The third-order valence-electron chi connectivity index (χ3n) is 4.51. The molecule has 0 saturated carbocycles. The summed E-state index contributed by atoms with van der Waals surface area (Å²) in [6, 6.07) is 11.2. The van der Waals surface area contributed by atoms with Crippen LogP contribution >= 0.6 is 11.6 Å². The van der Waals surface area contributed by atoms with E-state index in [0.717, 1.165) is 38.4 Å². The lowest BCUT2D eigenvalue weighted by Gasteiger charge is -2.27. The van der Waals surface area contributed by atoms with Gasteiger partial charge in [0.05, 0.1) is 6.20 Å². The Bertz CT molecular complexity index is 933. The van der Waals surface area contributed by atoms with E-state index in [1.54, 1.807) is 34.9 Å². The number of nitrogens with one attached hydrogen (secondary N) is 2. The number of amides is 1. The second-order valence-electron chi connectivity index (χ2n) is 6.40. The van der Waals surface area contributed by atoms with E-state index < -0.39 is 0 Å². The quantitative estimate of drug-likeness (QED) is 0.742. The molecule has 2 aromatic heterocycles. The van der Waals surface area contributed by atoms with E-state index in [0.29, 0.717) is 16.4 Å². The smallest absolute Gasteiger partial charge is 0.274 e. The van der Waals surface area contributed by atoms with E-state index in [1.165, 1.54) is 5.56 Å². The van der Waals surface area contributed by atoms with E-state index in [1.807, 2.05) is 18.3 Å². The van der Waals surface area contributed by atoms with Gasteiger partial charge in [-0.25, -0.2) is 4.98 Å². The second-order valence-corrected chi connectivity index (χ2v) is 6.83. The average Bonchev–Trinajstić information content (AvgIpc) is 3.06. The number of halogens is 1. The SMILES string of the molecule is O=C(Nc1cccc(Cl)c1)c1cnc2cc(CN3CCNCC3)ccn12. The molecule has 7 heteroatoms. The molecule has 6 nitrogen and oxygen atoms in total. The van der Waals surface area contributed by atoms with Crippen LogP contribution in [0.1, 0.15) is 16.1 Å². The number of anilines is 1. The van der Waals surface area contributed by atoms with Gasteiger partial charge in [-0.1, -0.05) is 17.7 Å². The van der Waals surface area contributed by atoms with Crippen molar-refractivity contribution >= 4 is 28.8 Å². The van der Waals surface area contributed by atoms with Crippen molar-refractivity contribution in [3.05, 3.63) is 65.1 Å². The van der Waals surface area contributed by atoms with Gasteiger partial charge >= 0.3 is 0 Å². The monoisotopic (exact) mass is 369 g/mol. The molecular formula is C19H20ClN5O. The Morgan fingerprint density at radius 1 is 1.23 bits per heavy atom. The van der Waals surface area contributed by atoms with E-state index in [2.05, 4.69) is 20.5 Å². The number of piperazine rings is 1. The van der Waals surface area contributed by atoms with Gasteiger partial charge in [-0.3, -0.25) is 14.1 Å². The van der Waals surface area contributed by atoms with Gasteiger partial charge in [-0.15, -0.1) is 0 Å². The van der Waals surface area contributed by atoms with Crippen LogP contribution in [-0.2, 0) is 6.54 Å². The zero-order valence-corrected chi connectivity index (χ0v) is 15.0. The molecule has 2 N–H and O–H groups in total. The Morgan fingerprint density at radius 2 is 2.08 bits per heavy atom. The van der Waals surface area contributed by atoms with E-state index in [9.17, 15) is 4.79 Å². The molecule has 1 saturated heterocycles. The molecule has 1 amide bonds. The number of carbonyl (C=O) groups is 1. The van der Waals surface area contributed by atoms with Gasteiger partial charge in [-0.2, -0.15) is 0 Å². The summed E-state index contributed by atoms with van der Waals surface area (Å²) in [5, 5.41) is 6.80. The lowest BCUT2D eigenvalue weighted by atomic mass is 10.2. The fourth-order valence-corrected chi connectivity index (χ4v) is 3.37. The van der Waals surface area contributed by atoms with Crippen LogP contribution in [0.4, 0.5) is 5.69 Å². The van der Waals surface area contributed by atoms with Crippen LogP contribution in [-0.4, -0.2) is 46.4 Å². The van der Waals surface area contributed by atoms with Crippen molar-refractivity contribution in [2.45, 2.75) is 6.54 Å². The zero-order valence-electron chi connectivity index (χ0n) is 14.3. The Balaban J connectivity index is 1.52. The molecule has 0 aliphatic carbocycles. The lowest BCUT2D eigenvalue weighted by Crippen LogP contribution is -2.42. The topological polar surface area (TPSA) is 61.7 Å². The Morgan fingerprint density at radius 3 is 2.88 bits per heavy atom. The summed E-state index contributed by atoms with van der Waals surface area (Å²) in [5.41, 5.74) is 3.13. The maximum Gasteiger partial charge on any atom is 0.274 e. The minimum Gasteiger partial charge on any atom is -0.321 e. The van der Waals surface area contributed by atoms with Crippen LogP contribution in [0.2, 0.25) is 5.02 Å². The summed E-state index contributed by atoms with van der Waals surface area (Å²) in [6.45, 7) is 5.05. The molecule has 3 aromatic rings. The fraction of sp³-hybridized carbons (Fsp3) is 0.263. The molecule has 0 radical (unpaired) electrons. The molecule has 0 atom stereocenters. The Hall–Kier alpha value is -2.41. The molecule has 4 rings (SSSR count). The summed E-state index contributed by atoms with van der Waals surface area (Å²) in [4.78, 5) is 19.4. The van der Waals surface area contributed by atoms with Gasteiger partial charge in [0.15, 0.2) is 0 Å². The number of fused-ring (bicyclic) bond motifs is 1. The fourth-order valence-electron chi connectivity index (χ4n) is 3.18. The van der Waals surface area contributed by atoms with Crippen molar-refractivity contribution in [2.24, 2.45) is 0 Å². The highest BCUT2D eigenvalue weighted by atomic mass is 35.5. The number of nitrogens with zero attached hydrogens (tertiary/aromatic N) is 3. The van der Waals surface area contributed by atoms with Crippen molar-refractivity contribution in [3.8, 4) is 0 Å². The molecule has 3 heterocycles. The van der Waals surface area contributed by atoms with Crippen molar-refractivity contribution in [2.75, 3.05) is 31.5 Å². The molecule has 26 heavy (non-hydrogen) atoms. The summed E-state index contributed by atoms with van der Waals surface area (Å²) >= 11 is 5.97. The summed E-state index contributed by atoms with van der Waals surface area (Å²) in [5.74, 6) is -0.213. The number of hydrogen-bond acceptors (Lipinski definition) is 4. The predicted octanol–water partition coefficient (Wildman–Crippen LogP) is 2.65. The summed E-state index contributed by atoms with van der Waals surface area (Å²) in [6.07, 6.45) is 3.51. The number of pyridine rings is 1. The van der Waals surface area contributed by atoms with Crippen molar-refractivity contribution in [3.63, 3.8) is 0 Å². The highest BCUT2D eigenvalue weighted by Crippen LogP contribution is 2.17. The first-order valence-electron chi connectivity index (χ1n) is 8.65. The zero-order chi connectivity index (χ0) is 17.9. The number of imidazole rings is 1. The van der Waals surface area contributed by atoms with Gasteiger partial charge in [0.2, 0.25) is 0 Å². The van der Waals surface area contributed by atoms with Gasteiger partial charge in [-0.05, 0) is 35.9 Å². The minimum atomic E-state index is -0.213. The van der Waals surface area contributed by atoms with E-state index >= 15 is 0 Å². The van der Waals surface area contributed by atoms with Gasteiger partial charge < -0.3 is 10.6 Å². The highest BCUT2D eigenvalue weighted by molar-refractivity contribution is 6.30. The third-order valence-corrected chi connectivity index (χ3v) is 4.74. The summed E-state index contributed by atoms with van der Waals surface area (Å²) in [7, 11) is 0. The number of rotatable bonds is 4. The Labute approximate surface area is 156 Å². The average molecular weight is 370 g/mol. The molecule has 0 bridgehead atoms. The van der Waals surface area contributed by atoms with E-state index in [4.69, 9.17) is 11.6 Å². The largest absolute Gasteiger partial charge is 0.321 e. The lowest BCUT2D eigenvalue weighted by molar-refractivity contribution is 0.102. The van der Waals surface area contributed by atoms with Crippen LogP contribution in [0.3, 0.4) is 0 Å². The highest BCUT2D eigenvalue weighted by Gasteiger charge is 2.14. The minimum absolute atomic E-state index is 0.213. The van der Waals surface area contributed by atoms with Crippen LogP contribution in [0.25, 0.3) is 5.65 Å². The van der Waals surface area contributed by atoms with Gasteiger partial charge in [0.25, 0.3) is 5.91 Å². The first-order valence-corrected chi connectivity index (χ1v) is 9.03. The number of aromatic nitrogens is 2. The predicted molar refractivity (Wildman–Crippen MR) is 103 cm³/mol. The second kappa shape index (κ2) is 7.45. The Kier molecular flexibility index (Phi) is 4.88. The number of hydrogen-bond donors (Lipinski definition) is 2. The summed E-state index contributed by atoms with van der Waals surface area (Å²) < 4.78 is 1.81. The number of benzene rings is 1. The molecule has 134 valence electrons. The van der Waals surface area contributed by atoms with Gasteiger partial charge in [0, 0.05) is 49.6 Å². The third kappa shape index (κ3) is 3.72. The van der Waals surface area contributed by atoms with Crippen molar-refractivity contribution in [1.29, 1.82) is 0 Å². The van der Waals surface area contributed by atoms with Crippen LogP contribution in [0.15, 0.2) is 48.8 Å². The van der Waals surface area contributed by atoms with Crippen LogP contribution < -0.4 is 10.6 Å². The van der Waals surface area contributed by atoms with Crippen LogP contribution in [0, 0.1) is 0 Å². The molecule has 1 aliphatic rings. The molecule has 1 aromatic carbocycles. The first-order chi connectivity index (χ1) is 12.7. The molecule has 0 unspecified atom stereocenters. The normalized spacial score (nSPS) is 15.3. The molecule has 1 aliphatic heterocycles. The molecule has 1 fully saturated rings. The maximum atomic E-state index is 12.6. The van der Waals surface area contributed by atoms with Gasteiger partial charge in [0.1, 0.15) is 11.3 Å². The molecular weight excluding hydrogens is 350 g/mol. The van der Waals surface area contributed by atoms with Crippen LogP contribution in [0.5, 0.6) is 0 Å². The molecule has 0 spiro atoms. The van der Waals surface area contributed by atoms with Crippen molar-refractivity contribution < 1.29 is 4.79 Å². The number of carbonyl (C=O) groups excluding carboxylic acids is 1. The standard InChI is InChI=1S/C19H20ClN5O/c20-15-2-1-3-16(11-15)23-19(26)17-12-22-18-10-14(4-7-25(17)18)13-24-8-5-21-6-9-24/h1-4,7,10-12,21H,5-6,8-9,13H2,(H,23,26). The first kappa shape index (κ1) is 17.0. The van der Waals surface area contributed by atoms with Crippen molar-refractivity contribution in [1.82, 2.24) is 19.6 Å². The van der Waals surface area contributed by atoms with E-state index in [-0.39, 0.29) is 5.91 Å². The maximum absolute atomic E-state index is 12.6.